The van der Waals surface area contributed by atoms with Gasteiger partial charge in [0.15, 0.2) is 0 Å². The third-order valence-corrected chi connectivity index (χ3v) is 4.03. The Labute approximate surface area is 166 Å². The minimum absolute atomic E-state index is 0.239. The van der Waals surface area contributed by atoms with Crippen molar-refractivity contribution in [3.8, 4) is 0 Å². The first-order valence-electron chi connectivity index (χ1n) is 8.49. The molecule has 28 heavy (non-hydrogen) atoms. The molecule has 0 spiro atoms. The van der Waals surface area contributed by atoms with Crippen molar-refractivity contribution in [2.45, 2.75) is 6.92 Å². The van der Waals surface area contributed by atoms with Gasteiger partial charge in [-0.15, -0.1) is 0 Å². The molecule has 1 amide bonds. The van der Waals surface area contributed by atoms with Gasteiger partial charge in [-0.1, -0.05) is 35.9 Å². The molecule has 0 atom stereocenters. The Bertz CT molecular complexity index is 993. The first kappa shape index (κ1) is 19.3. The Hall–Kier alpha value is -3.45. The maximum Gasteiger partial charge on any atom is 0.340 e. The molecule has 2 aromatic carbocycles. The molecule has 0 aliphatic heterocycles. The number of para-hydroxylation sites is 2. The van der Waals surface area contributed by atoms with Gasteiger partial charge in [0, 0.05) is 12.4 Å². The third-order valence-electron chi connectivity index (χ3n) is 3.70. The molecule has 3 aromatic rings. The minimum atomic E-state index is -0.506. The third kappa shape index (κ3) is 4.63. The van der Waals surface area contributed by atoms with Crippen molar-refractivity contribution in [3.05, 3.63) is 77.1 Å². The molecule has 0 aliphatic carbocycles. The molecule has 0 bridgehead atoms. The molecule has 0 aliphatic rings. The molecule has 1 heterocycles. The van der Waals surface area contributed by atoms with Gasteiger partial charge in [-0.2, -0.15) is 0 Å². The van der Waals surface area contributed by atoms with Crippen molar-refractivity contribution in [1.82, 2.24) is 9.97 Å². The summed E-state index contributed by atoms with van der Waals surface area (Å²) in [5.41, 5.74) is 1.52. The summed E-state index contributed by atoms with van der Waals surface area (Å²) in [6.45, 7) is 1.96. The van der Waals surface area contributed by atoms with E-state index in [9.17, 15) is 9.59 Å². The largest absolute Gasteiger partial charge is 0.462 e. The normalized spacial score (nSPS) is 10.2. The molecule has 142 valence electrons. The van der Waals surface area contributed by atoms with Crippen molar-refractivity contribution in [1.29, 1.82) is 0 Å². The second-order valence-electron chi connectivity index (χ2n) is 5.62. The number of benzene rings is 2. The number of hydrogen-bond acceptors (Lipinski definition) is 6. The molecule has 0 fully saturated rings. The molecule has 8 heteroatoms. The van der Waals surface area contributed by atoms with E-state index < -0.39 is 11.9 Å². The van der Waals surface area contributed by atoms with Crippen LogP contribution in [0.4, 0.5) is 17.3 Å². The number of halogens is 1. The van der Waals surface area contributed by atoms with Gasteiger partial charge in [0.05, 0.1) is 34.1 Å². The van der Waals surface area contributed by atoms with E-state index >= 15 is 0 Å². The van der Waals surface area contributed by atoms with E-state index in [2.05, 4.69) is 20.6 Å². The second kappa shape index (κ2) is 8.96. The lowest BCUT2D eigenvalue weighted by Gasteiger charge is -2.10. The minimum Gasteiger partial charge on any atom is -0.462 e. The quantitative estimate of drug-likeness (QED) is 0.603. The van der Waals surface area contributed by atoms with Crippen molar-refractivity contribution in [2.24, 2.45) is 0 Å². The summed E-state index contributed by atoms with van der Waals surface area (Å²) in [5, 5.41) is 6.19. The Morgan fingerprint density at radius 2 is 1.64 bits per heavy atom. The highest BCUT2D eigenvalue weighted by atomic mass is 35.5. The fourth-order valence-electron chi connectivity index (χ4n) is 2.37. The highest BCUT2D eigenvalue weighted by Crippen LogP contribution is 2.23. The number of esters is 1. The van der Waals surface area contributed by atoms with Gasteiger partial charge in [0.25, 0.3) is 5.91 Å². The summed E-state index contributed by atoms with van der Waals surface area (Å²) in [7, 11) is 0. The highest BCUT2D eigenvalue weighted by Gasteiger charge is 2.15. The van der Waals surface area contributed by atoms with Crippen LogP contribution < -0.4 is 10.6 Å². The average molecular weight is 397 g/mol. The lowest BCUT2D eigenvalue weighted by Crippen LogP contribution is -2.16. The Kier molecular flexibility index (Phi) is 6.18. The van der Waals surface area contributed by atoms with Crippen LogP contribution in [0, 0.1) is 0 Å². The van der Waals surface area contributed by atoms with Gasteiger partial charge < -0.3 is 15.4 Å². The predicted octanol–water partition coefficient (Wildman–Crippen LogP) is 4.30. The Balaban J connectivity index is 1.72. The Morgan fingerprint density at radius 3 is 2.32 bits per heavy atom. The van der Waals surface area contributed by atoms with Crippen LogP contribution in [0.15, 0.2) is 60.9 Å². The second-order valence-corrected chi connectivity index (χ2v) is 6.03. The van der Waals surface area contributed by atoms with E-state index in [4.69, 9.17) is 16.3 Å². The van der Waals surface area contributed by atoms with Crippen LogP contribution in [0.25, 0.3) is 0 Å². The molecule has 1 aromatic heterocycles. The summed E-state index contributed by atoms with van der Waals surface area (Å²) in [4.78, 5) is 32.8. The summed E-state index contributed by atoms with van der Waals surface area (Å²) < 4.78 is 5.00. The molecular weight excluding hydrogens is 380 g/mol. The van der Waals surface area contributed by atoms with E-state index in [1.165, 1.54) is 12.4 Å². The number of amides is 1. The van der Waals surface area contributed by atoms with Gasteiger partial charge in [-0.25, -0.2) is 14.8 Å². The number of anilines is 3. The van der Waals surface area contributed by atoms with E-state index in [1.54, 1.807) is 43.3 Å². The predicted molar refractivity (Wildman–Crippen MR) is 107 cm³/mol. The SMILES string of the molecule is CCOC(=O)c1ccccc1NC(=O)c1cnc(Nc2ccccc2Cl)nc1. The van der Waals surface area contributed by atoms with E-state index in [-0.39, 0.29) is 17.7 Å². The average Bonchev–Trinajstić information content (AvgIpc) is 2.71. The standard InChI is InChI=1S/C20H17ClN4O3/c1-2-28-19(27)14-7-3-5-9-16(14)24-18(26)13-11-22-20(23-12-13)25-17-10-6-4-8-15(17)21/h3-12H,2H2,1H3,(H,24,26)(H,22,23,25). The molecule has 0 saturated heterocycles. The number of carbonyl (C=O) groups excluding carboxylic acids is 2. The van der Waals surface area contributed by atoms with Crippen LogP contribution in [0.1, 0.15) is 27.6 Å². The zero-order valence-corrected chi connectivity index (χ0v) is 15.7. The maximum atomic E-state index is 12.5. The van der Waals surface area contributed by atoms with E-state index in [1.807, 2.05) is 12.1 Å². The van der Waals surface area contributed by atoms with Crippen molar-refractivity contribution >= 4 is 40.8 Å². The number of nitrogens with one attached hydrogen (secondary N) is 2. The number of hydrogen-bond donors (Lipinski definition) is 2. The molecule has 3 rings (SSSR count). The van der Waals surface area contributed by atoms with Gasteiger partial charge in [-0.3, -0.25) is 4.79 Å². The summed E-state index contributed by atoms with van der Waals surface area (Å²) in [6.07, 6.45) is 2.77. The van der Waals surface area contributed by atoms with Crippen LogP contribution in [-0.2, 0) is 4.74 Å². The van der Waals surface area contributed by atoms with Gasteiger partial charge in [0.2, 0.25) is 5.95 Å². The van der Waals surface area contributed by atoms with Crippen LogP contribution >= 0.6 is 11.6 Å². The fourth-order valence-corrected chi connectivity index (χ4v) is 2.55. The summed E-state index contributed by atoms with van der Waals surface area (Å²) >= 11 is 6.09. The lowest BCUT2D eigenvalue weighted by molar-refractivity contribution is 0.0527. The van der Waals surface area contributed by atoms with E-state index in [0.29, 0.717) is 22.3 Å². The summed E-state index contributed by atoms with van der Waals surface area (Å²) in [6, 6.07) is 13.8. The zero-order chi connectivity index (χ0) is 19.9. The molecule has 0 unspecified atom stereocenters. The van der Waals surface area contributed by atoms with Crippen molar-refractivity contribution in [3.63, 3.8) is 0 Å². The number of carbonyl (C=O) groups is 2. The zero-order valence-electron chi connectivity index (χ0n) is 15.0. The molecule has 7 nitrogen and oxygen atoms in total. The smallest absolute Gasteiger partial charge is 0.340 e. The first-order valence-corrected chi connectivity index (χ1v) is 8.87. The number of aromatic nitrogens is 2. The van der Waals surface area contributed by atoms with Gasteiger partial charge in [0.1, 0.15) is 0 Å². The number of ether oxygens (including phenoxy) is 1. The number of nitrogens with zero attached hydrogens (tertiary/aromatic N) is 2. The van der Waals surface area contributed by atoms with Gasteiger partial charge in [-0.05, 0) is 31.2 Å². The summed E-state index contributed by atoms with van der Waals surface area (Å²) in [5.74, 6) is -0.647. The fraction of sp³-hybridized carbons (Fsp3) is 0.100. The van der Waals surface area contributed by atoms with Crippen LogP contribution in [0.5, 0.6) is 0 Å². The molecule has 0 radical (unpaired) electrons. The Morgan fingerprint density at radius 1 is 1.00 bits per heavy atom. The monoisotopic (exact) mass is 396 g/mol. The first-order chi connectivity index (χ1) is 13.6. The van der Waals surface area contributed by atoms with Crippen molar-refractivity contribution in [2.75, 3.05) is 17.2 Å². The number of rotatable bonds is 6. The van der Waals surface area contributed by atoms with E-state index in [0.717, 1.165) is 0 Å². The van der Waals surface area contributed by atoms with Crippen LogP contribution in [0.3, 0.4) is 0 Å². The maximum absolute atomic E-state index is 12.5. The van der Waals surface area contributed by atoms with Crippen LogP contribution in [0.2, 0.25) is 5.02 Å². The lowest BCUT2D eigenvalue weighted by atomic mass is 10.1. The van der Waals surface area contributed by atoms with Gasteiger partial charge >= 0.3 is 5.97 Å². The van der Waals surface area contributed by atoms with Crippen molar-refractivity contribution < 1.29 is 14.3 Å². The topological polar surface area (TPSA) is 93.2 Å². The molecule has 0 saturated carbocycles. The molecular formula is C20H17ClN4O3. The molecule has 2 N–H and O–H groups in total. The van der Waals surface area contributed by atoms with Crippen LogP contribution in [-0.4, -0.2) is 28.5 Å². The highest BCUT2D eigenvalue weighted by molar-refractivity contribution is 6.33.